The Morgan fingerprint density at radius 1 is 1.33 bits per heavy atom. The first kappa shape index (κ1) is 15.9. The van der Waals surface area contributed by atoms with Crippen LogP contribution >= 0.6 is 0 Å². The van der Waals surface area contributed by atoms with Gasteiger partial charge in [-0.2, -0.15) is 9.97 Å². The van der Waals surface area contributed by atoms with Crippen LogP contribution in [0.15, 0.2) is 6.07 Å². The van der Waals surface area contributed by atoms with E-state index in [1.54, 1.807) is 0 Å². The second-order valence-electron chi connectivity index (χ2n) is 6.31. The summed E-state index contributed by atoms with van der Waals surface area (Å²) in [6, 6.07) is 2.64. The summed E-state index contributed by atoms with van der Waals surface area (Å²) < 4.78 is 0. The van der Waals surface area contributed by atoms with Crippen LogP contribution in [0.4, 0.5) is 17.6 Å². The zero-order valence-corrected chi connectivity index (χ0v) is 13.6. The first-order valence-corrected chi connectivity index (χ1v) is 8.25. The van der Waals surface area contributed by atoms with Crippen LogP contribution in [-0.2, 0) is 0 Å². The maximum Gasteiger partial charge on any atom is 0.223 e. The lowest BCUT2D eigenvalue weighted by molar-refractivity contribution is 0.525. The minimum absolute atomic E-state index is 0.357. The third kappa shape index (κ3) is 4.48. The topological polar surface area (TPSA) is 67.1 Å². The molecule has 1 fully saturated rings. The smallest absolute Gasteiger partial charge is 0.223 e. The number of rotatable bonds is 7. The number of nitrogens with two attached hydrogens (primary N) is 1. The van der Waals surface area contributed by atoms with Crippen LogP contribution in [0.2, 0.25) is 0 Å². The van der Waals surface area contributed by atoms with Crippen molar-refractivity contribution in [2.75, 3.05) is 29.0 Å². The molecule has 1 aliphatic rings. The number of hydrogen-bond acceptors (Lipinski definition) is 5. The summed E-state index contributed by atoms with van der Waals surface area (Å²) in [5.74, 6) is 2.86. The average Bonchev–Trinajstić information content (AvgIpc) is 2.92. The molecule has 1 aromatic heterocycles. The largest absolute Gasteiger partial charge is 0.370 e. The van der Waals surface area contributed by atoms with Crippen molar-refractivity contribution in [1.29, 1.82) is 0 Å². The number of nitrogen functional groups attached to an aromatic ring is 1. The molecule has 0 spiro atoms. The summed E-state index contributed by atoms with van der Waals surface area (Å²) in [7, 11) is 0. The molecule has 0 radical (unpaired) electrons. The van der Waals surface area contributed by atoms with E-state index < -0.39 is 0 Å². The van der Waals surface area contributed by atoms with Gasteiger partial charge in [-0.05, 0) is 32.1 Å². The van der Waals surface area contributed by atoms with E-state index in [0.717, 1.165) is 24.7 Å². The number of anilines is 3. The fourth-order valence-electron chi connectivity index (χ4n) is 2.97. The first-order valence-electron chi connectivity index (χ1n) is 8.25. The van der Waals surface area contributed by atoms with Gasteiger partial charge in [0, 0.05) is 25.2 Å². The Bertz CT molecular complexity index is 440. The molecule has 2 rings (SSSR count). The van der Waals surface area contributed by atoms with Gasteiger partial charge in [-0.15, -0.1) is 0 Å². The molecule has 0 unspecified atom stereocenters. The molecule has 1 aromatic rings. The number of aromatic nitrogens is 2. The summed E-state index contributed by atoms with van der Waals surface area (Å²) in [5.41, 5.74) is 5.89. The molecular formula is C16H29N5. The van der Waals surface area contributed by atoms with Crippen molar-refractivity contribution in [3.8, 4) is 0 Å². The lowest BCUT2D eigenvalue weighted by atomic mass is 10.1. The Morgan fingerprint density at radius 2 is 2.05 bits per heavy atom. The second-order valence-corrected chi connectivity index (χ2v) is 6.31. The molecule has 0 saturated heterocycles. The summed E-state index contributed by atoms with van der Waals surface area (Å²) in [6.45, 7) is 8.48. The van der Waals surface area contributed by atoms with Gasteiger partial charge < -0.3 is 16.0 Å². The van der Waals surface area contributed by atoms with Crippen LogP contribution in [0.3, 0.4) is 0 Å². The summed E-state index contributed by atoms with van der Waals surface area (Å²) in [4.78, 5) is 11.2. The third-order valence-electron chi connectivity index (χ3n) is 4.09. The highest BCUT2D eigenvalue weighted by Crippen LogP contribution is 2.29. The van der Waals surface area contributed by atoms with Crippen LogP contribution in [0.5, 0.6) is 0 Å². The molecule has 1 heterocycles. The van der Waals surface area contributed by atoms with Gasteiger partial charge in [0.15, 0.2) is 0 Å². The molecule has 21 heavy (non-hydrogen) atoms. The maximum atomic E-state index is 5.89. The van der Waals surface area contributed by atoms with E-state index in [1.165, 1.54) is 32.1 Å². The predicted octanol–water partition coefficient (Wildman–Crippen LogP) is 3.29. The van der Waals surface area contributed by atoms with Gasteiger partial charge in [-0.1, -0.05) is 26.7 Å². The third-order valence-corrected chi connectivity index (χ3v) is 4.09. The van der Waals surface area contributed by atoms with Crippen molar-refractivity contribution in [2.45, 2.75) is 58.9 Å². The van der Waals surface area contributed by atoms with E-state index in [4.69, 9.17) is 5.73 Å². The monoisotopic (exact) mass is 291 g/mol. The van der Waals surface area contributed by atoms with Crippen LogP contribution < -0.4 is 16.0 Å². The van der Waals surface area contributed by atoms with Crippen LogP contribution in [0.1, 0.15) is 52.9 Å². The molecule has 5 nitrogen and oxygen atoms in total. The van der Waals surface area contributed by atoms with E-state index in [9.17, 15) is 0 Å². The molecule has 5 heteroatoms. The quantitative estimate of drug-likeness (QED) is 0.807. The molecular weight excluding hydrogens is 262 g/mol. The van der Waals surface area contributed by atoms with E-state index in [1.807, 2.05) is 6.07 Å². The fraction of sp³-hybridized carbons (Fsp3) is 0.750. The number of hydrogen-bond donors (Lipinski definition) is 2. The molecule has 0 aromatic carbocycles. The Hall–Kier alpha value is -1.52. The number of nitrogens with one attached hydrogen (secondary N) is 1. The zero-order chi connectivity index (χ0) is 15.2. The minimum atomic E-state index is 0.357. The fourth-order valence-corrected chi connectivity index (χ4v) is 2.97. The lowest BCUT2D eigenvalue weighted by Gasteiger charge is -2.31. The highest BCUT2D eigenvalue weighted by atomic mass is 15.2. The van der Waals surface area contributed by atoms with Crippen molar-refractivity contribution in [1.82, 2.24) is 9.97 Å². The average molecular weight is 291 g/mol. The van der Waals surface area contributed by atoms with Gasteiger partial charge in [0.1, 0.15) is 11.6 Å². The van der Waals surface area contributed by atoms with Gasteiger partial charge in [0.25, 0.3) is 0 Å². The molecule has 0 bridgehead atoms. The van der Waals surface area contributed by atoms with Crippen LogP contribution in [-0.4, -0.2) is 29.1 Å². The number of nitrogens with zero attached hydrogens (tertiary/aromatic N) is 3. The molecule has 118 valence electrons. The van der Waals surface area contributed by atoms with Gasteiger partial charge in [0.05, 0.1) is 0 Å². The van der Waals surface area contributed by atoms with E-state index in [2.05, 4.69) is 41.0 Å². The van der Waals surface area contributed by atoms with E-state index in [0.29, 0.717) is 17.9 Å². The Balaban J connectivity index is 2.21. The van der Waals surface area contributed by atoms with Gasteiger partial charge in [-0.25, -0.2) is 0 Å². The lowest BCUT2D eigenvalue weighted by Crippen LogP contribution is -2.35. The Kier molecular flexibility index (Phi) is 5.65. The van der Waals surface area contributed by atoms with Crippen molar-refractivity contribution in [2.24, 2.45) is 5.92 Å². The van der Waals surface area contributed by atoms with Crippen molar-refractivity contribution >= 4 is 17.6 Å². The van der Waals surface area contributed by atoms with Gasteiger partial charge in [-0.3, -0.25) is 0 Å². The minimum Gasteiger partial charge on any atom is -0.370 e. The SMILES string of the molecule is CCNc1cc(N(CCC(C)C)C2CCCC2)nc(N)n1. The van der Waals surface area contributed by atoms with E-state index >= 15 is 0 Å². The van der Waals surface area contributed by atoms with Crippen molar-refractivity contribution in [3.63, 3.8) is 0 Å². The Morgan fingerprint density at radius 3 is 2.67 bits per heavy atom. The molecule has 1 saturated carbocycles. The molecule has 0 aliphatic heterocycles. The van der Waals surface area contributed by atoms with Crippen LogP contribution in [0, 0.1) is 5.92 Å². The molecule has 0 atom stereocenters. The summed E-state index contributed by atoms with van der Waals surface area (Å²) >= 11 is 0. The normalized spacial score (nSPS) is 15.6. The first-order chi connectivity index (χ1) is 10.1. The highest BCUT2D eigenvalue weighted by Gasteiger charge is 2.24. The molecule has 0 amide bonds. The van der Waals surface area contributed by atoms with Gasteiger partial charge in [0.2, 0.25) is 5.95 Å². The summed E-state index contributed by atoms with van der Waals surface area (Å²) in [6.07, 6.45) is 6.35. The molecule has 1 aliphatic carbocycles. The van der Waals surface area contributed by atoms with Crippen molar-refractivity contribution in [3.05, 3.63) is 6.07 Å². The van der Waals surface area contributed by atoms with Crippen LogP contribution in [0.25, 0.3) is 0 Å². The zero-order valence-electron chi connectivity index (χ0n) is 13.6. The van der Waals surface area contributed by atoms with Gasteiger partial charge >= 0.3 is 0 Å². The van der Waals surface area contributed by atoms with E-state index in [-0.39, 0.29) is 0 Å². The summed E-state index contributed by atoms with van der Waals surface area (Å²) in [5, 5.41) is 3.24. The van der Waals surface area contributed by atoms with Crippen molar-refractivity contribution < 1.29 is 0 Å². The Labute approximate surface area is 128 Å². The standard InChI is InChI=1S/C16H29N5/c1-4-18-14-11-15(20-16(17)19-14)21(10-9-12(2)3)13-7-5-6-8-13/h11-13H,4-10H2,1-3H3,(H3,17,18,19,20). The predicted molar refractivity (Wildman–Crippen MR) is 89.7 cm³/mol. The maximum absolute atomic E-state index is 5.89. The highest BCUT2D eigenvalue weighted by molar-refractivity contribution is 5.53. The molecule has 3 N–H and O–H groups in total. The second kappa shape index (κ2) is 7.48.